The summed E-state index contributed by atoms with van der Waals surface area (Å²) < 4.78 is 26.9. The van der Waals surface area contributed by atoms with Crippen molar-refractivity contribution in [1.29, 1.82) is 0 Å². The molecule has 0 bridgehead atoms. The van der Waals surface area contributed by atoms with Crippen molar-refractivity contribution in [2.24, 2.45) is 0 Å². The van der Waals surface area contributed by atoms with Gasteiger partial charge in [-0.2, -0.15) is 0 Å². The van der Waals surface area contributed by atoms with Crippen LogP contribution in [-0.2, 0) is 14.8 Å². The van der Waals surface area contributed by atoms with E-state index < -0.39 is 15.9 Å². The van der Waals surface area contributed by atoms with Crippen molar-refractivity contribution in [3.8, 4) is 0 Å². The summed E-state index contributed by atoms with van der Waals surface area (Å²) in [5.41, 5.74) is 1.74. The van der Waals surface area contributed by atoms with Crippen LogP contribution in [0.15, 0.2) is 72.2 Å². The molecular weight excluding hydrogens is 358 g/mol. The molecule has 0 unspecified atom stereocenters. The van der Waals surface area contributed by atoms with Crippen LogP contribution in [0, 0.1) is 6.92 Å². The van der Waals surface area contributed by atoms with Crippen molar-refractivity contribution in [2.75, 3.05) is 0 Å². The van der Waals surface area contributed by atoms with Gasteiger partial charge in [0.15, 0.2) is 0 Å². The number of halogens is 1. The largest absolute Gasteiger partial charge is 0.268 e. The average Bonchev–Trinajstić information content (AvgIpc) is 2.56. The Bertz CT molecular complexity index is 899. The number of hydrogen-bond acceptors (Lipinski definition) is 3. The van der Waals surface area contributed by atoms with Gasteiger partial charge in [-0.05, 0) is 43.2 Å². The number of benzene rings is 2. The summed E-state index contributed by atoms with van der Waals surface area (Å²) in [5, 5.41) is 0.527. The van der Waals surface area contributed by atoms with Crippen molar-refractivity contribution in [3.63, 3.8) is 0 Å². The zero-order valence-electron chi connectivity index (χ0n) is 13.7. The van der Waals surface area contributed by atoms with Crippen LogP contribution >= 0.6 is 11.6 Å². The zero-order chi connectivity index (χ0) is 18.4. The quantitative estimate of drug-likeness (QED) is 0.610. The van der Waals surface area contributed by atoms with Crippen LogP contribution in [0.3, 0.4) is 0 Å². The number of rotatable bonds is 6. The maximum absolute atomic E-state index is 12.6. The lowest BCUT2D eigenvalue weighted by Crippen LogP contribution is -2.31. The minimum Gasteiger partial charge on any atom is -0.268 e. The zero-order valence-corrected chi connectivity index (χ0v) is 15.3. The highest BCUT2D eigenvalue weighted by molar-refractivity contribution is 7.90. The molecule has 25 heavy (non-hydrogen) atoms. The Balaban J connectivity index is 2.32. The number of amides is 1. The monoisotopic (exact) mass is 375 g/mol. The Kier molecular flexibility index (Phi) is 6.17. The third-order valence-electron chi connectivity index (χ3n) is 3.45. The smallest absolute Gasteiger partial charge is 0.265 e. The van der Waals surface area contributed by atoms with Crippen LogP contribution in [0.25, 0.3) is 5.57 Å². The van der Waals surface area contributed by atoms with Gasteiger partial charge in [0.25, 0.3) is 15.9 Å². The molecule has 4 nitrogen and oxygen atoms in total. The van der Waals surface area contributed by atoms with Gasteiger partial charge in [0.2, 0.25) is 0 Å². The Morgan fingerprint density at radius 1 is 1.12 bits per heavy atom. The van der Waals surface area contributed by atoms with Crippen molar-refractivity contribution in [3.05, 3.63) is 83.4 Å². The highest BCUT2D eigenvalue weighted by Gasteiger charge is 2.20. The summed E-state index contributed by atoms with van der Waals surface area (Å²) in [4.78, 5) is 12.6. The van der Waals surface area contributed by atoms with E-state index >= 15 is 0 Å². The lowest BCUT2D eigenvalue weighted by Gasteiger charge is -2.11. The van der Waals surface area contributed by atoms with Crippen LogP contribution in [0.1, 0.15) is 17.5 Å². The van der Waals surface area contributed by atoms with Gasteiger partial charge < -0.3 is 0 Å². The molecule has 2 aromatic rings. The van der Waals surface area contributed by atoms with E-state index in [1.54, 1.807) is 48.6 Å². The fourth-order valence-electron chi connectivity index (χ4n) is 2.13. The van der Waals surface area contributed by atoms with Gasteiger partial charge in [-0.1, -0.05) is 53.6 Å². The van der Waals surface area contributed by atoms with Crippen LogP contribution in [-0.4, -0.2) is 14.3 Å². The van der Waals surface area contributed by atoms with E-state index in [1.165, 1.54) is 12.1 Å². The number of carbonyl (C=O) groups excluding carboxylic acids is 1. The molecule has 1 N–H and O–H groups in total. The molecule has 6 heteroatoms. The first-order valence-corrected chi connectivity index (χ1v) is 9.40. The maximum atomic E-state index is 12.6. The number of allylic oxidation sites excluding steroid dienone is 2. The standard InChI is InChI=1S/C19H18ClNO3S/c1-3-4-5-18(15-8-10-16(20)11-9-15)19(22)21-25(23,24)17-12-6-14(2)7-13-17/h3,5-13H,1,4H2,2H3,(H,21,22)/b18-5-. The van der Waals surface area contributed by atoms with Gasteiger partial charge in [0.1, 0.15) is 0 Å². The highest BCUT2D eigenvalue weighted by Crippen LogP contribution is 2.20. The van der Waals surface area contributed by atoms with Crippen molar-refractivity contribution < 1.29 is 13.2 Å². The minimum absolute atomic E-state index is 0.0330. The summed E-state index contributed by atoms with van der Waals surface area (Å²) in [6.07, 6.45) is 3.67. The molecule has 0 atom stereocenters. The summed E-state index contributed by atoms with van der Waals surface area (Å²) >= 11 is 5.87. The minimum atomic E-state index is -3.95. The first-order chi connectivity index (χ1) is 11.8. The summed E-state index contributed by atoms with van der Waals surface area (Å²) in [5.74, 6) is -0.704. The van der Waals surface area contributed by atoms with Crippen molar-refractivity contribution >= 4 is 33.1 Å². The highest BCUT2D eigenvalue weighted by atomic mass is 35.5. The fraction of sp³-hybridized carbons (Fsp3) is 0.105. The van der Waals surface area contributed by atoms with Gasteiger partial charge in [-0.25, -0.2) is 13.1 Å². The topological polar surface area (TPSA) is 63.2 Å². The van der Waals surface area contributed by atoms with Crippen molar-refractivity contribution in [1.82, 2.24) is 4.72 Å². The van der Waals surface area contributed by atoms with E-state index in [0.717, 1.165) is 5.56 Å². The molecule has 0 aliphatic carbocycles. The number of carbonyl (C=O) groups is 1. The molecule has 0 radical (unpaired) electrons. The molecule has 130 valence electrons. The molecule has 0 saturated heterocycles. The molecule has 2 rings (SSSR count). The Morgan fingerprint density at radius 3 is 2.28 bits per heavy atom. The molecule has 2 aromatic carbocycles. The van der Waals surface area contributed by atoms with Crippen molar-refractivity contribution in [2.45, 2.75) is 18.2 Å². The summed E-state index contributed by atoms with van der Waals surface area (Å²) in [7, 11) is -3.95. The Labute approximate surface area is 152 Å². The van der Waals surface area contributed by atoms with E-state index in [-0.39, 0.29) is 10.5 Å². The summed E-state index contributed by atoms with van der Waals surface area (Å²) in [6, 6.07) is 12.9. The van der Waals surface area contributed by atoms with Crippen LogP contribution in [0.5, 0.6) is 0 Å². The molecule has 0 aliphatic heterocycles. The Morgan fingerprint density at radius 2 is 1.72 bits per heavy atom. The number of aryl methyl sites for hydroxylation is 1. The molecule has 1 amide bonds. The average molecular weight is 376 g/mol. The normalized spacial score (nSPS) is 11.8. The molecule has 0 heterocycles. The third-order valence-corrected chi connectivity index (χ3v) is 5.05. The maximum Gasteiger partial charge on any atom is 0.265 e. The van der Waals surface area contributed by atoms with Crippen LogP contribution < -0.4 is 4.72 Å². The van der Waals surface area contributed by atoms with E-state index in [1.807, 2.05) is 6.92 Å². The van der Waals surface area contributed by atoms with Gasteiger partial charge in [-0.3, -0.25) is 4.79 Å². The SMILES string of the molecule is C=CC/C=C(\C(=O)NS(=O)(=O)c1ccc(C)cc1)c1ccc(Cl)cc1. The van der Waals surface area contributed by atoms with E-state index in [2.05, 4.69) is 11.3 Å². The van der Waals surface area contributed by atoms with E-state index in [9.17, 15) is 13.2 Å². The predicted octanol–water partition coefficient (Wildman–Crippen LogP) is 4.11. The lowest BCUT2D eigenvalue weighted by atomic mass is 10.0. The predicted molar refractivity (Wildman–Crippen MR) is 101 cm³/mol. The fourth-order valence-corrected chi connectivity index (χ4v) is 3.22. The van der Waals surface area contributed by atoms with E-state index in [4.69, 9.17) is 11.6 Å². The molecule has 0 saturated carbocycles. The van der Waals surface area contributed by atoms with Crippen LogP contribution in [0.2, 0.25) is 5.02 Å². The van der Waals surface area contributed by atoms with Gasteiger partial charge in [0.05, 0.1) is 4.90 Å². The lowest BCUT2D eigenvalue weighted by molar-refractivity contribution is -0.114. The number of hydrogen-bond donors (Lipinski definition) is 1. The molecular formula is C19H18ClNO3S. The van der Waals surface area contributed by atoms with Crippen LogP contribution in [0.4, 0.5) is 0 Å². The molecule has 0 fully saturated rings. The van der Waals surface area contributed by atoms with Gasteiger partial charge in [0, 0.05) is 10.6 Å². The second-order valence-corrected chi connectivity index (χ2v) is 7.52. The number of sulfonamides is 1. The first kappa shape index (κ1) is 19.0. The Hall–Kier alpha value is -2.37. The van der Waals surface area contributed by atoms with Gasteiger partial charge in [-0.15, -0.1) is 6.58 Å². The third kappa shape index (κ3) is 5.05. The molecule has 0 aliphatic rings. The van der Waals surface area contributed by atoms with E-state index in [0.29, 0.717) is 17.0 Å². The summed E-state index contributed by atoms with van der Waals surface area (Å²) in [6.45, 7) is 5.47. The second-order valence-electron chi connectivity index (χ2n) is 5.40. The molecule has 0 spiro atoms. The number of nitrogens with one attached hydrogen (secondary N) is 1. The second kappa shape index (κ2) is 8.14. The van der Waals surface area contributed by atoms with Gasteiger partial charge >= 0.3 is 0 Å². The first-order valence-electron chi connectivity index (χ1n) is 7.54. The molecule has 0 aromatic heterocycles.